The molecule has 116 valence electrons. The Balaban J connectivity index is 2.04. The molecule has 0 spiro atoms. The predicted molar refractivity (Wildman–Crippen MR) is 90.4 cm³/mol. The summed E-state index contributed by atoms with van der Waals surface area (Å²) in [7, 11) is 0. The van der Waals surface area contributed by atoms with Crippen molar-refractivity contribution < 1.29 is 0 Å². The number of anilines is 2. The fourth-order valence-corrected chi connectivity index (χ4v) is 3.07. The lowest BCUT2D eigenvalue weighted by Crippen LogP contribution is -2.38. The number of piperidine rings is 1. The molecule has 1 aromatic heterocycles. The van der Waals surface area contributed by atoms with E-state index in [2.05, 4.69) is 26.8 Å². The summed E-state index contributed by atoms with van der Waals surface area (Å²) in [5, 5.41) is 1.11. The monoisotopic (exact) mass is 337 g/mol. The average Bonchev–Trinajstić information content (AvgIpc) is 2.49. The zero-order valence-corrected chi connectivity index (χ0v) is 13.8. The molecule has 1 aliphatic heterocycles. The first-order valence-corrected chi connectivity index (χ1v) is 8.04. The molecule has 0 bridgehead atoms. The van der Waals surface area contributed by atoms with Crippen LogP contribution in [0.25, 0.3) is 11.4 Å². The molecule has 3 rings (SSSR count). The number of aromatic nitrogens is 3. The lowest BCUT2D eigenvalue weighted by Gasteiger charge is -2.33. The molecule has 7 heteroatoms. The normalized spacial score (nSPS) is 18.5. The van der Waals surface area contributed by atoms with Crippen molar-refractivity contribution in [1.29, 1.82) is 0 Å². The van der Waals surface area contributed by atoms with Crippen LogP contribution in [0.15, 0.2) is 18.2 Å². The maximum absolute atomic E-state index is 6.24. The van der Waals surface area contributed by atoms with E-state index in [4.69, 9.17) is 28.9 Å². The van der Waals surface area contributed by atoms with Crippen LogP contribution in [0.2, 0.25) is 10.0 Å². The summed E-state index contributed by atoms with van der Waals surface area (Å²) in [6.07, 6.45) is 3.48. The topological polar surface area (TPSA) is 67.9 Å². The largest absolute Gasteiger partial charge is 0.368 e. The quantitative estimate of drug-likeness (QED) is 0.902. The maximum atomic E-state index is 6.24. The van der Waals surface area contributed by atoms with Crippen molar-refractivity contribution in [3.63, 3.8) is 0 Å². The minimum absolute atomic E-state index is 0.189. The summed E-state index contributed by atoms with van der Waals surface area (Å²) in [5.74, 6) is 1.24. The van der Waals surface area contributed by atoms with Crippen molar-refractivity contribution in [2.45, 2.75) is 32.2 Å². The molecule has 2 aromatic rings. The van der Waals surface area contributed by atoms with E-state index in [1.165, 1.54) is 6.42 Å². The molecule has 2 heterocycles. The van der Waals surface area contributed by atoms with Gasteiger partial charge in [0.2, 0.25) is 11.9 Å². The van der Waals surface area contributed by atoms with E-state index >= 15 is 0 Å². The van der Waals surface area contributed by atoms with Gasteiger partial charge in [-0.15, -0.1) is 0 Å². The minimum atomic E-state index is 0.189. The summed E-state index contributed by atoms with van der Waals surface area (Å²) >= 11 is 12.3. The van der Waals surface area contributed by atoms with Crippen LogP contribution in [-0.2, 0) is 0 Å². The predicted octanol–water partition coefficient (Wildman–Crippen LogP) is 3.81. The Kier molecular flexibility index (Phi) is 4.36. The highest BCUT2D eigenvalue weighted by Crippen LogP contribution is 2.30. The zero-order chi connectivity index (χ0) is 15.7. The Morgan fingerprint density at radius 2 is 2.00 bits per heavy atom. The second-order valence-electron chi connectivity index (χ2n) is 5.48. The molecule has 0 radical (unpaired) electrons. The summed E-state index contributed by atoms with van der Waals surface area (Å²) in [5.41, 5.74) is 6.53. The molecule has 5 nitrogen and oxygen atoms in total. The fourth-order valence-electron chi connectivity index (χ4n) is 2.69. The van der Waals surface area contributed by atoms with Crippen molar-refractivity contribution in [3.8, 4) is 11.4 Å². The highest BCUT2D eigenvalue weighted by molar-refractivity contribution is 6.35. The van der Waals surface area contributed by atoms with Gasteiger partial charge in [0.15, 0.2) is 5.82 Å². The number of benzene rings is 1. The number of hydrogen-bond acceptors (Lipinski definition) is 5. The molecule has 2 N–H and O–H groups in total. The van der Waals surface area contributed by atoms with Gasteiger partial charge in [-0.25, -0.2) is 0 Å². The smallest absolute Gasteiger partial charge is 0.230 e. The average molecular weight is 338 g/mol. The number of hydrogen-bond donors (Lipinski definition) is 1. The van der Waals surface area contributed by atoms with Crippen LogP contribution in [0, 0.1) is 0 Å². The van der Waals surface area contributed by atoms with E-state index in [1.54, 1.807) is 18.2 Å². The SMILES string of the molecule is CC1CCCCN1c1nc(N)nc(-c2cc(Cl)ccc2Cl)n1. The standard InChI is InChI=1S/C15H17Cl2N5/c1-9-4-2-3-7-22(9)15-20-13(19-14(18)21-15)11-8-10(16)5-6-12(11)17/h5-6,8-9H,2-4,7H2,1H3,(H2,18,19,20,21). The highest BCUT2D eigenvalue weighted by atomic mass is 35.5. The van der Waals surface area contributed by atoms with Gasteiger partial charge in [-0.2, -0.15) is 15.0 Å². The third-order valence-electron chi connectivity index (χ3n) is 3.87. The molecule has 1 unspecified atom stereocenters. The second kappa shape index (κ2) is 6.26. The van der Waals surface area contributed by atoms with E-state index in [9.17, 15) is 0 Å². The van der Waals surface area contributed by atoms with E-state index < -0.39 is 0 Å². The molecule has 1 atom stereocenters. The Morgan fingerprint density at radius 3 is 2.77 bits per heavy atom. The maximum Gasteiger partial charge on any atom is 0.230 e. The Morgan fingerprint density at radius 1 is 1.18 bits per heavy atom. The van der Waals surface area contributed by atoms with Crippen LogP contribution in [0.1, 0.15) is 26.2 Å². The van der Waals surface area contributed by atoms with Crippen molar-refractivity contribution in [3.05, 3.63) is 28.2 Å². The third kappa shape index (κ3) is 3.10. The van der Waals surface area contributed by atoms with Crippen LogP contribution in [-0.4, -0.2) is 27.5 Å². The molecular weight excluding hydrogens is 321 g/mol. The summed E-state index contributed by atoms with van der Waals surface area (Å²) in [6, 6.07) is 5.58. The Labute approximate surface area is 139 Å². The highest BCUT2D eigenvalue weighted by Gasteiger charge is 2.22. The van der Waals surface area contributed by atoms with Crippen LogP contribution in [0.4, 0.5) is 11.9 Å². The molecule has 1 aliphatic rings. The number of nitrogen functional groups attached to an aromatic ring is 1. The van der Waals surface area contributed by atoms with Crippen molar-refractivity contribution in [1.82, 2.24) is 15.0 Å². The first kappa shape index (κ1) is 15.3. The van der Waals surface area contributed by atoms with Crippen molar-refractivity contribution in [2.75, 3.05) is 17.2 Å². The summed E-state index contributed by atoms with van der Waals surface area (Å²) < 4.78 is 0. The molecule has 0 amide bonds. The number of rotatable bonds is 2. The second-order valence-corrected chi connectivity index (χ2v) is 6.32. The molecule has 1 fully saturated rings. The minimum Gasteiger partial charge on any atom is -0.368 e. The lowest BCUT2D eigenvalue weighted by molar-refractivity contribution is 0.477. The van der Waals surface area contributed by atoms with E-state index in [-0.39, 0.29) is 5.95 Å². The van der Waals surface area contributed by atoms with Gasteiger partial charge in [0.1, 0.15) is 0 Å². The first-order valence-electron chi connectivity index (χ1n) is 7.28. The third-order valence-corrected chi connectivity index (χ3v) is 4.43. The number of halogens is 2. The molecular formula is C15H17Cl2N5. The van der Waals surface area contributed by atoms with E-state index in [0.29, 0.717) is 33.4 Å². The number of nitrogens with two attached hydrogens (primary N) is 1. The first-order chi connectivity index (χ1) is 10.5. The summed E-state index contributed by atoms with van der Waals surface area (Å²) in [4.78, 5) is 15.2. The molecule has 0 saturated carbocycles. The summed E-state index contributed by atoms with van der Waals surface area (Å²) in [6.45, 7) is 3.10. The van der Waals surface area contributed by atoms with Gasteiger partial charge in [0.25, 0.3) is 0 Å². The zero-order valence-electron chi connectivity index (χ0n) is 12.3. The van der Waals surface area contributed by atoms with Gasteiger partial charge in [-0.1, -0.05) is 23.2 Å². The van der Waals surface area contributed by atoms with E-state index in [1.807, 2.05) is 0 Å². The van der Waals surface area contributed by atoms with Crippen molar-refractivity contribution in [2.24, 2.45) is 0 Å². The van der Waals surface area contributed by atoms with Gasteiger partial charge in [-0.05, 0) is 44.4 Å². The van der Waals surface area contributed by atoms with Crippen molar-refractivity contribution >= 4 is 35.1 Å². The van der Waals surface area contributed by atoms with Gasteiger partial charge in [0, 0.05) is 23.2 Å². The van der Waals surface area contributed by atoms with Crippen LogP contribution >= 0.6 is 23.2 Å². The van der Waals surface area contributed by atoms with Crippen LogP contribution in [0.5, 0.6) is 0 Å². The van der Waals surface area contributed by atoms with Gasteiger partial charge in [-0.3, -0.25) is 0 Å². The fraction of sp³-hybridized carbons (Fsp3) is 0.400. The lowest BCUT2D eigenvalue weighted by atomic mass is 10.0. The van der Waals surface area contributed by atoms with Crippen LogP contribution < -0.4 is 10.6 Å². The van der Waals surface area contributed by atoms with Gasteiger partial charge in [0.05, 0.1) is 5.02 Å². The molecule has 1 aromatic carbocycles. The Bertz CT molecular complexity index is 692. The van der Waals surface area contributed by atoms with Gasteiger partial charge < -0.3 is 10.6 Å². The van der Waals surface area contributed by atoms with Crippen LogP contribution in [0.3, 0.4) is 0 Å². The van der Waals surface area contributed by atoms with Gasteiger partial charge >= 0.3 is 0 Å². The van der Waals surface area contributed by atoms with E-state index in [0.717, 1.165) is 19.4 Å². The molecule has 1 saturated heterocycles. The Hall–Kier alpha value is -1.59. The molecule has 22 heavy (non-hydrogen) atoms. The number of nitrogens with zero attached hydrogens (tertiary/aromatic N) is 4. The molecule has 0 aliphatic carbocycles.